The first-order valence-corrected chi connectivity index (χ1v) is 12.6. The zero-order chi connectivity index (χ0) is 25.3. The summed E-state index contributed by atoms with van der Waals surface area (Å²) < 4.78 is 11.5. The molecule has 2 aliphatic rings. The number of anilines is 1. The predicted octanol–water partition coefficient (Wildman–Crippen LogP) is 4.37. The summed E-state index contributed by atoms with van der Waals surface area (Å²) in [5, 5.41) is 3.46. The number of aryl methyl sites for hydroxylation is 2. The Hall–Kier alpha value is -3.45. The third-order valence-electron chi connectivity index (χ3n) is 7.45. The largest absolute Gasteiger partial charge is 0.488 e. The summed E-state index contributed by atoms with van der Waals surface area (Å²) in [6.45, 7) is 9.89. The van der Waals surface area contributed by atoms with Crippen molar-refractivity contribution < 1.29 is 14.3 Å². The van der Waals surface area contributed by atoms with Crippen LogP contribution in [-0.4, -0.2) is 42.7 Å². The molecule has 0 saturated carbocycles. The average Bonchev–Trinajstić information content (AvgIpc) is 3.31. The number of rotatable bonds is 6. The van der Waals surface area contributed by atoms with Crippen molar-refractivity contribution in [3.05, 3.63) is 70.4 Å². The van der Waals surface area contributed by atoms with E-state index in [2.05, 4.69) is 47.2 Å². The summed E-state index contributed by atoms with van der Waals surface area (Å²) in [7, 11) is 1.44. The van der Waals surface area contributed by atoms with Crippen LogP contribution in [0.2, 0.25) is 0 Å². The highest BCUT2D eigenvalue weighted by molar-refractivity contribution is 5.78. The Bertz CT molecular complexity index is 1290. The molecule has 3 heterocycles. The molecule has 0 amide bonds. The number of nitrogens with zero attached hydrogens (tertiary/aromatic N) is 3. The first-order valence-electron chi connectivity index (χ1n) is 12.6. The van der Waals surface area contributed by atoms with Crippen LogP contribution in [0, 0.1) is 19.3 Å². The van der Waals surface area contributed by atoms with Gasteiger partial charge in [0.1, 0.15) is 12.4 Å². The second kappa shape index (κ2) is 9.90. The van der Waals surface area contributed by atoms with Crippen molar-refractivity contribution in [2.45, 2.75) is 46.8 Å². The van der Waals surface area contributed by atoms with Gasteiger partial charge in [-0.1, -0.05) is 24.3 Å². The maximum absolute atomic E-state index is 12.3. The van der Waals surface area contributed by atoms with Gasteiger partial charge in [-0.05, 0) is 80.1 Å². The van der Waals surface area contributed by atoms with Crippen LogP contribution in [-0.2, 0) is 29.1 Å². The zero-order valence-corrected chi connectivity index (χ0v) is 21.6. The van der Waals surface area contributed by atoms with E-state index in [4.69, 9.17) is 14.5 Å². The van der Waals surface area contributed by atoms with Gasteiger partial charge in [0.15, 0.2) is 0 Å². The molecule has 1 saturated heterocycles. The number of aromatic nitrogens is 2. The van der Waals surface area contributed by atoms with Crippen molar-refractivity contribution in [1.82, 2.24) is 15.3 Å². The third kappa shape index (κ3) is 4.67. The van der Waals surface area contributed by atoms with Gasteiger partial charge in [0.2, 0.25) is 5.95 Å². The summed E-state index contributed by atoms with van der Waals surface area (Å²) in [5.74, 6) is 1.26. The van der Waals surface area contributed by atoms with Crippen LogP contribution in [0.15, 0.2) is 42.6 Å². The Labute approximate surface area is 212 Å². The minimum Gasteiger partial charge on any atom is -0.488 e. The number of ether oxygens (including phenoxy) is 2. The predicted molar refractivity (Wildman–Crippen MR) is 140 cm³/mol. The van der Waals surface area contributed by atoms with Crippen LogP contribution in [0.4, 0.5) is 5.95 Å². The Kier molecular flexibility index (Phi) is 6.67. The number of carbonyl (C=O) groups is 1. The van der Waals surface area contributed by atoms with E-state index in [-0.39, 0.29) is 5.97 Å². The minimum absolute atomic E-state index is 0.191. The monoisotopic (exact) mass is 486 g/mol. The molecule has 5 rings (SSSR count). The number of hydrogen-bond acceptors (Lipinski definition) is 7. The normalized spacial score (nSPS) is 19.2. The van der Waals surface area contributed by atoms with E-state index < -0.39 is 5.41 Å². The lowest BCUT2D eigenvalue weighted by Crippen LogP contribution is -2.33. The number of fused-ring (bicyclic) bond motifs is 1. The molecule has 1 fully saturated rings. The van der Waals surface area contributed by atoms with E-state index in [1.807, 2.05) is 25.1 Å². The first-order chi connectivity index (χ1) is 17.4. The lowest BCUT2D eigenvalue weighted by Gasteiger charge is -2.22. The van der Waals surface area contributed by atoms with Gasteiger partial charge in [-0.25, -0.2) is 9.97 Å². The molecule has 0 radical (unpaired) electrons. The molecule has 0 unspecified atom stereocenters. The number of benzene rings is 2. The lowest BCUT2D eigenvalue weighted by atomic mass is 9.90. The second-order valence-electron chi connectivity index (χ2n) is 10.2. The van der Waals surface area contributed by atoms with E-state index in [1.165, 1.54) is 29.4 Å². The summed E-state index contributed by atoms with van der Waals surface area (Å²) in [6.07, 6.45) is 3.54. The number of hydrogen-bond donors (Lipinski definition) is 1. The second-order valence-corrected chi connectivity index (χ2v) is 10.2. The highest BCUT2D eigenvalue weighted by Gasteiger charge is 2.42. The van der Waals surface area contributed by atoms with Gasteiger partial charge in [-0.15, -0.1) is 0 Å². The van der Waals surface area contributed by atoms with E-state index >= 15 is 0 Å². The molecule has 0 spiro atoms. The highest BCUT2D eigenvalue weighted by atomic mass is 16.5. The number of para-hydroxylation sites is 1. The van der Waals surface area contributed by atoms with Crippen LogP contribution < -0.4 is 15.0 Å². The van der Waals surface area contributed by atoms with Crippen LogP contribution in [0.5, 0.6) is 5.75 Å². The van der Waals surface area contributed by atoms with Crippen molar-refractivity contribution in [3.8, 4) is 17.0 Å². The molecule has 0 aliphatic carbocycles. The van der Waals surface area contributed by atoms with Crippen molar-refractivity contribution in [2.24, 2.45) is 5.41 Å². The molecule has 2 aliphatic heterocycles. The topological polar surface area (TPSA) is 76.6 Å². The molecule has 1 aromatic heterocycles. The number of carbonyl (C=O) groups excluding carboxylic acids is 1. The molecule has 1 N–H and O–H groups in total. The van der Waals surface area contributed by atoms with Crippen molar-refractivity contribution in [3.63, 3.8) is 0 Å². The molecule has 2 aromatic carbocycles. The van der Waals surface area contributed by atoms with Crippen LogP contribution in [0.1, 0.15) is 41.2 Å². The Balaban J connectivity index is 1.39. The average molecular weight is 487 g/mol. The molecular formula is C29H34N4O3. The third-order valence-corrected chi connectivity index (χ3v) is 7.45. The van der Waals surface area contributed by atoms with Crippen molar-refractivity contribution in [2.75, 3.05) is 31.6 Å². The van der Waals surface area contributed by atoms with E-state index in [0.717, 1.165) is 42.1 Å². The fourth-order valence-electron chi connectivity index (χ4n) is 5.36. The summed E-state index contributed by atoms with van der Waals surface area (Å²) >= 11 is 0. The van der Waals surface area contributed by atoms with Gasteiger partial charge in [0.25, 0.3) is 0 Å². The summed E-state index contributed by atoms with van der Waals surface area (Å²) in [6, 6.07) is 12.6. The van der Waals surface area contributed by atoms with Gasteiger partial charge in [-0.3, -0.25) is 4.79 Å². The fourth-order valence-corrected chi connectivity index (χ4v) is 5.36. The van der Waals surface area contributed by atoms with E-state index in [9.17, 15) is 4.79 Å². The van der Waals surface area contributed by atoms with Crippen LogP contribution in [0.3, 0.4) is 0 Å². The van der Waals surface area contributed by atoms with E-state index in [0.29, 0.717) is 32.1 Å². The Morgan fingerprint density at radius 2 is 2.06 bits per heavy atom. The number of nitrogens with one attached hydrogen (secondary N) is 1. The first kappa shape index (κ1) is 24.3. The fraction of sp³-hybridized carbons (Fsp3) is 0.414. The highest BCUT2D eigenvalue weighted by Crippen LogP contribution is 2.36. The molecule has 36 heavy (non-hydrogen) atoms. The molecule has 188 valence electrons. The van der Waals surface area contributed by atoms with Gasteiger partial charge < -0.3 is 19.7 Å². The van der Waals surface area contributed by atoms with Crippen LogP contribution >= 0.6 is 0 Å². The van der Waals surface area contributed by atoms with Gasteiger partial charge >= 0.3 is 5.97 Å². The van der Waals surface area contributed by atoms with Gasteiger partial charge in [0.05, 0.1) is 18.2 Å². The maximum Gasteiger partial charge on any atom is 0.313 e. The van der Waals surface area contributed by atoms with Crippen molar-refractivity contribution in [1.29, 1.82) is 0 Å². The molecule has 7 nitrogen and oxygen atoms in total. The smallest absolute Gasteiger partial charge is 0.313 e. The van der Waals surface area contributed by atoms with Crippen molar-refractivity contribution >= 4 is 11.9 Å². The number of methoxy groups -OCH3 is 1. The maximum atomic E-state index is 12.3. The van der Waals surface area contributed by atoms with E-state index in [1.54, 1.807) is 6.20 Å². The summed E-state index contributed by atoms with van der Waals surface area (Å²) in [4.78, 5) is 23.7. The lowest BCUT2D eigenvalue weighted by molar-refractivity contribution is -0.150. The molecule has 7 heteroatoms. The quantitative estimate of drug-likeness (QED) is 0.519. The molecule has 3 aromatic rings. The molecule has 1 atom stereocenters. The molecular weight excluding hydrogens is 452 g/mol. The Morgan fingerprint density at radius 1 is 1.19 bits per heavy atom. The zero-order valence-electron chi connectivity index (χ0n) is 21.6. The Morgan fingerprint density at radius 3 is 2.89 bits per heavy atom. The van der Waals surface area contributed by atoms with Gasteiger partial charge in [0, 0.05) is 31.4 Å². The molecule has 0 bridgehead atoms. The van der Waals surface area contributed by atoms with Gasteiger partial charge in [-0.2, -0.15) is 0 Å². The van der Waals surface area contributed by atoms with Crippen LogP contribution in [0.25, 0.3) is 11.3 Å². The summed E-state index contributed by atoms with van der Waals surface area (Å²) in [5.41, 5.74) is 7.59. The minimum atomic E-state index is -0.547. The SMILES string of the molecule is COC(=O)[C@]1(C)CCN(c2nccc(-c3cccc(C)c3OCc3cc(C)c4c(c3)CCNC4)n2)C1. The standard InChI is InChI=1S/C29H34N4O3/c1-19-6-5-7-23(26(19)36-17-21-14-20(2)24-16-30-11-8-22(24)15-21)25-9-12-31-28(32-25)33-13-10-29(3,18-33)27(34)35-4/h5-7,9,12,14-15,30H,8,10-11,13,16-18H2,1-4H3/t29-/m1/s1. The number of esters is 1.